The van der Waals surface area contributed by atoms with Crippen LogP contribution in [-0.2, 0) is 17.8 Å². The Bertz CT molecular complexity index is 1400. The molecule has 42 heavy (non-hydrogen) atoms. The number of aromatic nitrogens is 1. The van der Waals surface area contributed by atoms with Gasteiger partial charge in [0, 0.05) is 31.7 Å². The van der Waals surface area contributed by atoms with Crippen molar-refractivity contribution in [3.05, 3.63) is 67.8 Å². The van der Waals surface area contributed by atoms with Crippen molar-refractivity contribution in [3.63, 3.8) is 0 Å². The van der Waals surface area contributed by atoms with Gasteiger partial charge in [0.2, 0.25) is 0 Å². The van der Waals surface area contributed by atoms with Crippen LogP contribution in [0.15, 0.2) is 40.0 Å². The molecular weight excluding hydrogens is 561 g/mol. The average molecular weight is 605 g/mol. The minimum Gasteiger partial charge on any atom is -0.357 e. The molecule has 0 aliphatic carbocycles. The van der Waals surface area contributed by atoms with Crippen LogP contribution in [0.2, 0.25) is 0 Å². The molecule has 1 aromatic heterocycles. The number of hydrogen-bond donors (Lipinski definition) is 0. The molecule has 2 saturated heterocycles. The molecule has 2 aromatic rings. The SMILES string of the molecule is CCCCC(CC)CN1C(=O)/C(=C/c2c(C)c(C#N)c(=O)n(CCC)c2N2CCC(Cc3ccccc3)CC2)SC1=S. The van der Waals surface area contributed by atoms with E-state index in [4.69, 9.17) is 12.2 Å². The maximum atomic E-state index is 13.7. The highest BCUT2D eigenvalue weighted by atomic mass is 32.2. The van der Waals surface area contributed by atoms with Gasteiger partial charge < -0.3 is 4.90 Å². The summed E-state index contributed by atoms with van der Waals surface area (Å²) in [5.41, 5.74) is 2.69. The van der Waals surface area contributed by atoms with Crippen molar-refractivity contribution < 1.29 is 4.79 Å². The molecule has 8 heteroatoms. The Morgan fingerprint density at radius 2 is 1.83 bits per heavy atom. The highest BCUT2D eigenvalue weighted by molar-refractivity contribution is 8.26. The molecule has 0 spiro atoms. The van der Waals surface area contributed by atoms with Crippen LogP contribution in [0.1, 0.15) is 88.0 Å². The minimum atomic E-state index is -0.246. The molecule has 6 nitrogen and oxygen atoms in total. The lowest BCUT2D eigenvalue weighted by atomic mass is 9.90. The lowest BCUT2D eigenvalue weighted by molar-refractivity contribution is -0.122. The molecule has 0 bridgehead atoms. The first kappa shape index (κ1) is 32.0. The van der Waals surface area contributed by atoms with Gasteiger partial charge in [-0.15, -0.1) is 0 Å². The number of hydrogen-bond acceptors (Lipinski definition) is 6. The van der Waals surface area contributed by atoms with Crippen molar-refractivity contribution in [1.82, 2.24) is 9.47 Å². The molecule has 2 aliphatic heterocycles. The lowest BCUT2D eigenvalue weighted by Gasteiger charge is -2.36. The van der Waals surface area contributed by atoms with Crippen LogP contribution < -0.4 is 10.5 Å². The van der Waals surface area contributed by atoms with Gasteiger partial charge in [0.1, 0.15) is 21.8 Å². The van der Waals surface area contributed by atoms with Crippen LogP contribution in [0.4, 0.5) is 5.82 Å². The van der Waals surface area contributed by atoms with E-state index in [0.29, 0.717) is 39.7 Å². The van der Waals surface area contributed by atoms with Crippen LogP contribution in [0.3, 0.4) is 0 Å². The second-order valence-corrected chi connectivity index (χ2v) is 13.3. The Hall–Kier alpha value is -2.89. The summed E-state index contributed by atoms with van der Waals surface area (Å²) in [6.45, 7) is 11.0. The smallest absolute Gasteiger partial charge is 0.270 e. The number of unbranched alkanes of at least 4 members (excludes halogenated alkanes) is 1. The molecule has 2 fully saturated rings. The number of rotatable bonds is 12. The standard InChI is InChI=1S/C34H44N4O2S2/c1-5-8-12-25(7-3)23-38-33(40)30(42-34(38)41)21-28-24(4)29(22-35)32(39)37(17-6-2)31(28)36-18-15-27(16-19-36)20-26-13-10-9-11-14-26/h9-11,13-14,21,25,27H,5-8,12,15-20,23H2,1-4H3/b30-21-. The zero-order valence-electron chi connectivity index (χ0n) is 25.5. The van der Waals surface area contributed by atoms with Crippen LogP contribution in [0, 0.1) is 30.1 Å². The molecule has 1 amide bonds. The predicted octanol–water partition coefficient (Wildman–Crippen LogP) is 7.32. The van der Waals surface area contributed by atoms with Crippen molar-refractivity contribution in [2.45, 2.75) is 85.6 Å². The fourth-order valence-corrected chi connectivity index (χ4v) is 7.43. The van der Waals surface area contributed by atoms with Crippen LogP contribution in [0.5, 0.6) is 0 Å². The fourth-order valence-electron chi connectivity index (χ4n) is 6.18. The first-order valence-corrected chi connectivity index (χ1v) is 16.8. The van der Waals surface area contributed by atoms with Gasteiger partial charge in [0.05, 0.1) is 4.91 Å². The van der Waals surface area contributed by atoms with E-state index in [1.807, 2.05) is 19.9 Å². The number of carbonyl (C=O) groups excluding carboxylic acids is 1. The molecule has 0 N–H and O–H groups in total. The van der Waals surface area contributed by atoms with Crippen molar-refractivity contribution in [3.8, 4) is 6.07 Å². The highest BCUT2D eigenvalue weighted by Crippen LogP contribution is 2.38. The zero-order valence-corrected chi connectivity index (χ0v) is 27.2. The Kier molecular flexibility index (Phi) is 11.5. The third kappa shape index (κ3) is 7.18. The van der Waals surface area contributed by atoms with Crippen molar-refractivity contribution in [2.24, 2.45) is 11.8 Å². The largest absolute Gasteiger partial charge is 0.357 e. The van der Waals surface area contributed by atoms with Gasteiger partial charge in [0.15, 0.2) is 0 Å². The lowest BCUT2D eigenvalue weighted by Crippen LogP contribution is -2.40. The van der Waals surface area contributed by atoms with Gasteiger partial charge >= 0.3 is 0 Å². The van der Waals surface area contributed by atoms with E-state index < -0.39 is 0 Å². The molecule has 0 saturated carbocycles. The molecule has 224 valence electrons. The number of pyridine rings is 1. The zero-order chi connectivity index (χ0) is 30.2. The Morgan fingerprint density at radius 3 is 2.45 bits per heavy atom. The van der Waals surface area contributed by atoms with E-state index in [1.54, 1.807) is 9.47 Å². The summed E-state index contributed by atoms with van der Waals surface area (Å²) in [6, 6.07) is 12.8. The summed E-state index contributed by atoms with van der Waals surface area (Å²) in [5.74, 6) is 1.75. The normalized spacial score (nSPS) is 17.7. The molecular formula is C34H44N4O2S2. The summed E-state index contributed by atoms with van der Waals surface area (Å²) in [7, 11) is 0. The van der Waals surface area contributed by atoms with Gasteiger partial charge in [-0.25, -0.2) is 0 Å². The van der Waals surface area contributed by atoms with E-state index in [1.165, 1.54) is 17.3 Å². The molecule has 1 unspecified atom stereocenters. The summed E-state index contributed by atoms with van der Waals surface area (Å²) in [4.78, 5) is 31.9. The van der Waals surface area contributed by atoms with Crippen LogP contribution >= 0.6 is 24.0 Å². The number of nitrogens with zero attached hydrogens (tertiary/aromatic N) is 4. The average Bonchev–Trinajstić information content (AvgIpc) is 3.26. The van der Waals surface area contributed by atoms with Gasteiger partial charge in [0.25, 0.3) is 11.5 Å². The number of piperidine rings is 1. The Morgan fingerprint density at radius 1 is 1.12 bits per heavy atom. The molecule has 3 heterocycles. The molecule has 2 aliphatic rings. The predicted molar refractivity (Wildman–Crippen MR) is 179 cm³/mol. The molecule has 1 aromatic carbocycles. The van der Waals surface area contributed by atoms with Crippen molar-refractivity contribution in [2.75, 3.05) is 24.5 Å². The van der Waals surface area contributed by atoms with Gasteiger partial charge in [-0.2, -0.15) is 5.26 Å². The maximum absolute atomic E-state index is 13.7. The van der Waals surface area contributed by atoms with Crippen molar-refractivity contribution >= 4 is 46.1 Å². The van der Waals surface area contributed by atoms with Gasteiger partial charge in [-0.05, 0) is 68.1 Å². The monoisotopic (exact) mass is 604 g/mol. The summed E-state index contributed by atoms with van der Waals surface area (Å²) in [5, 5.41) is 9.99. The maximum Gasteiger partial charge on any atom is 0.270 e. The number of benzene rings is 1. The third-order valence-corrected chi connectivity index (χ3v) is 10.1. The van der Waals surface area contributed by atoms with Crippen molar-refractivity contribution in [1.29, 1.82) is 5.26 Å². The number of nitriles is 1. The number of carbonyl (C=O) groups is 1. The Balaban J connectivity index is 1.68. The number of anilines is 1. The van der Waals surface area contributed by atoms with E-state index in [2.05, 4.69) is 55.1 Å². The second-order valence-electron chi connectivity index (χ2n) is 11.6. The molecule has 1 atom stereocenters. The third-order valence-electron chi connectivity index (χ3n) is 8.71. The summed E-state index contributed by atoms with van der Waals surface area (Å²) in [6.07, 6.45) is 10.1. The van der Waals surface area contributed by atoms with Crippen LogP contribution in [-0.4, -0.2) is 39.3 Å². The second kappa shape index (κ2) is 15.0. The van der Waals surface area contributed by atoms with Crippen LogP contribution in [0.25, 0.3) is 6.08 Å². The topological polar surface area (TPSA) is 69.3 Å². The summed E-state index contributed by atoms with van der Waals surface area (Å²) >= 11 is 7.03. The first-order valence-electron chi connectivity index (χ1n) is 15.5. The van der Waals surface area contributed by atoms with E-state index >= 15 is 0 Å². The van der Waals surface area contributed by atoms with E-state index in [-0.39, 0.29) is 17.0 Å². The first-order chi connectivity index (χ1) is 20.3. The number of amides is 1. The Labute approximate surface area is 260 Å². The molecule has 0 radical (unpaired) electrons. The summed E-state index contributed by atoms with van der Waals surface area (Å²) < 4.78 is 2.36. The number of thiocarbonyl (C=S) groups is 1. The minimum absolute atomic E-state index is 0.0707. The van der Waals surface area contributed by atoms with Gasteiger partial charge in [-0.1, -0.05) is 94.3 Å². The number of thioether (sulfide) groups is 1. The van der Waals surface area contributed by atoms with Gasteiger partial charge in [-0.3, -0.25) is 19.1 Å². The van der Waals surface area contributed by atoms with E-state index in [0.717, 1.165) is 75.8 Å². The highest BCUT2D eigenvalue weighted by Gasteiger charge is 2.34. The fraction of sp³-hybridized carbons (Fsp3) is 0.529. The quantitative estimate of drug-likeness (QED) is 0.187. The molecule has 4 rings (SSSR count). The van der Waals surface area contributed by atoms with E-state index in [9.17, 15) is 14.9 Å².